The number of hydrogen-bond donors (Lipinski definition) is 4. The van der Waals surface area contributed by atoms with Crippen molar-refractivity contribution in [1.82, 2.24) is 0 Å². The van der Waals surface area contributed by atoms with Crippen LogP contribution in [0.4, 0.5) is 0 Å². The average molecular weight is 623 g/mol. The Morgan fingerprint density at radius 3 is 1.32 bits per heavy atom. The molecule has 163 valence electrons. The summed E-state index contributed by atoms with van der Waals surface area (Å²) in [5, 5.41) is 23.5. The molecule has 0 fully saturated rings. The minimum absolute atomic E-state index is 0. The second kappa shape index (κ2) is 30.7. The van der Waals surface area contributed by atoms with Crippen LogP contribution in [0.15, 0.2) is 0 Å². The van der Waals surface area contributed by atoms with Gasteiger partial charge in [0.15, 0.2) is 0 Å². The molecule has 0 aromatic rings. The molecule has 0 rings (SSSR count). The van der Waals surface area contributed by atoms with Gasteiger partial charge in [0.2, 0.25) is 0 Å². The van der Waals surface area contributed by atoms with Crippen LogP contribution in [0.1, 0.15) is 90.4 Å². The van der Waals surface area contributed by atoms with E-state index in [1.54, 1.807) is 0 Å². The van der Waals surface area contributed by atoms with Gasteiger partial charge in [0.1, 0.15) is 5.25 Å². The summed E-state index contributed by atoms with van der Waals surface area (Å²) in [5.74, 6) is -3.02. The molecule has 0 aromatic heterocycles. The molecule has 0 aliphatic carbocycles. The van der Waals surface area contributed by atoms with Crippen LogP contribution in [0.2, 0.25) is 0 Å². The van der Waals surface area contributed by atoms with Crippen LogP contribution in [-0.2, 0) is 36.8 Å². The fourth-order valence-corrected chi connectivity index (χ4v) is 2.35. The van der Waals surface area contributed by atoms with Gasteiger partial charge in [-0.2, -0.15) is 12.6 Å². The van der Waals surface area contributed by atoms with Gasteiger partial charge in [0, 0.05) is 28.8 Å². The quantitative estimate of drug-likeness (QED) is 0.127. The molecule has 28 heavy (non-hydrogen) atoms. The molecule has 0 aromatic carbocycles. The van der Waals surface area contributed by atoms with E-state index in [9.17, 15) is 14.4 Å². The zero-order chi connectivity index (χ0) is 19.5. The third-order valence-corrected chi connectivity index (χ3v) is 4.05. The summed E-state index contributed by atoms with van der Waals surface area (Å²) >= 11 is 3.48. The first-order valence-electron chi connectivity index (χ1n) is 9.15. The van der Waals surface area contributed by atoms with E-state index in [0.29, 0.717) is 6.42 Å². The molecule has 3 N–H and O–H groups in total. The molecule has 0 bridgehead atoms. The molecular formula is C18H36AuNa2O6S. The van der Waals surface area contributed by atoms with E-state index in [1.807, 2.05) is 0 Å². The van der Waals surface area contributed by atoms with Crippen molar-refractivity contribution >= 4 is 89.7 Å². The van der Waals surface area contributed by atoms with E-state index in [1.165, 1.54) is 57.8 Å². The maximum absolute atomic E-state index is 10.3. The van der Waals surface area contributed by atoms with Crippen LogP contribution in [0.3, 0.4) is 0 Å². The van der Waals surface area contributed by atoms with Gasteiger partial charge in [-0.05, 0) is 6.42 Å². The van der Waals surface area contributed by atoms with Crippen molar-refractivity contribution in [3.63, 3.8) is 0 Å². The van der Waals surface area contributed by atoms with E-state index in [4.69, 9.17) is 15.3 Å². The molecule has 0 heterocycles. The number of unbranched alkanes of at least 4 members (excludes halogenated alkanes) is 10. The Balaban J connectivity index is -0.000000128. The average Bonchev–Trinajstić information content (AvgIpc) is 2.52. The predicted molar refractivity (Wildman–Crippen MR) is 116 cm³/mol. The van der Waals surface area contributed by atoms with E-state index in [0.717, 1.165) is 12.8 Å². The fourth-order valence-electron chi connectivity index (χ4n) is 2.19. The fraction of sp³-hybridized carbons (Fsp3) is 0.833. The van der Waals surface area contributed by atoms with Gasteiger partial charge in [-0.15, -0.1) is 0 Å². The Morgan fingerprint density at radius 1 is 0.714 bits per heavy atom. The van der Waals surface area contributed by atoms with Gasteiger partial charge in [-0.1, -0.05) is 71.1 Å². The van der Waals surface area contributed by atoms with Crippen molar-refractivity contribution in [2.24, 2.45) is 0 Å². The maximum atomic E-state index is 10.3. The number of carbonyl (C=O) groups is 3. The number of aliphatic carboxylic acids is 3. The summed E-state index contributed by atoms with van der Waals surface area (Å²) in [5.41, 5.74) is 0. The first-order valence-corrected chi connectivity index (χ1v) is 9.67. The van der Waals surface area contributed by atoms with Crippen LogP contribution in [0.25, 0.3) is 0 Å². The second-order valence-corrected chi connectivity index (χ2v) is 6.75. The Hall–Kier alpha value is 1.50. The molecular weight excluding hydrogens is 587 g/mol. The van der Waals surface area contributed by atoms with Crippen LogP contribution in [0, 0.1) is 0 Å². The minimum atomic E-state index is -1.21. The number of carboxylic acids is 3. The summed E-state index contributed by atoms with van der Waals surface area (Å²) in [6.07, 6.45) is 13.9. The molecule has 1 atom stereocenters. The number of hydrogen-bond acceptors (Lipinski definition) is 4. The Morgan fingerprint density at radius 2 is 1.07 bits per heavy atom. The van der Waals surface area contributed by atoms with E-state index < -0.39 is 29.6 Å². The molecule has 1 radical (unpaired) electrons. The van der Waals surface area contributed by atoms with Crippen LogP contribution in [0.5, 0.6) is 0 Å². The first kappa shape index (κ1) is 39.9. The predicted octanol–water partition coefficient (Wildman–Crippen LogP) is 3.32. The molecule has 0 spiro atoms. The van der Waals surface area contributed by atoms with Crippen molar-refractivity contribution < 1.29 is 52.1 Å². The second-order valence-electron chi connectivity index (χ2n) is 6.13. The molecule has 10 heteroatoms. The number of carboxylic acid groups (broad SMARTS) is 3. The van der Waals surface area contributed by atoms with Crippen LogP contribution in [-0.4, -0.2) is 97.6 Å². The number of rotatable bonds is 15. The van der Waals surface area contributed by atoms with Crippen molar-refractivity contribution in [2.75, 3.05) is 0 Å². The summed E-state index contributed by atoms with van der Waals surface area (Å²) in [4.78, 5) is 30.0. The van der Waals surface area contributed by atoms with E-state index in [2.05, 4.69) is 19.6 Å². The van der Waals surface area contributed by atoms with Gasteiger partial charge in [-0.3, -0.25) is 14.4 Å². The summed E-state index contributed by atoms with van der Waals surface area (Å²) in [6, 6.07) is 0. The molecule has 0 aliphatic heterocycles. The zero-order valence-electron chi connectivity index (χ0n) is 15.6. The van der Waals surface area contributed by atoms with Gasteiger partial charge in [0.05, 0.1) is 6.42 Å². The molecule has 1 unspecified atom stereocenters. The van der Waals surface area contributed by atoms with Crippen molar-refractivity contribution in [3.05, 3.63) is 0 Å². The normalized spacial score (nSPS) is 10.1. The standard InChI is InChI=1S/C14H28O2.C4H6O4S.Au.2Na.2H/c1-2-3-4-5-6-7-8-9-10-11-12-13-14(15)16;5-3(6)1-2(9)4(7)8;;;;;/h2-13H2,1H3,(H,15,16);2,9H,1H2,(H,5,6)(H,7,8);;;;;. The van der Waals surface area contributed by atoms with Crippen molar-refractivity contribution in [3.8, 4) is 0 Å². The molecule has 0 amide bonds. The van der Waals surface area contributed by atoms with Crippen molar-refractivity contribution in [1.29, 1.82) is 0 Å². The zero-order valence-corrected chi connectivity index (χ0v) is 18.6. The SMILES string of the molecule is CCCCCCCCCCCCCC(=O)O.O=C(O)CC(S)C(=O)O.[Au].[NaH].[NaH]. The van der Waals surface area contributed by atoms with Crippen LogP contribution < -0.4 is 0 Å². The van der Waals surface area contributed by atoms with Gasteiger partial charge < -0.3 is 15.3 Å². The Labute approximate surface area is 234 Å². The summed E-state index contributed by atoms with van der Waals surface area (Å²) in [7, 11) is 0. The topological polar surface area (TPSA) is 112 Å². The molecule has 6 nitrogen and oxygen atoms in total. The molecule has 0 saturated carbocycles. The van der Waals surface area contributed by atoms with Gasteiger partial charge >= 0.3 is 77.0 Å². The third-order valence-electron chi connectivity index (χ3n) is 3.65. The van der Waals surface area contributed by atoms with Gasteiger partial charge in [-0.25, -0.2) is 0 Å². The Bertz CT molecular complexity index is 376. The number of thiol groups is 1. The Kier molecular flexibility index (Phi) is 43.8. The molecule has 0 saturated heterocycles. The van der Waals surface area contributed by atoms with Crippen LogP contribution >= 0.6 is 12.6 Å². The van der Waals surface area contributed by atoms with Crippen molar-refractivity contribution in [2.45, 2.75) is 95.6 Å². The van der Waals surface area contributed by atoms with Gasteiger partial charge in [0.25, 0.3) is 0 Å². The molecule has 0 aliphatic rings. The van der Waals surface area contributed by atoms with E-state index in [-0.39, 0.29) is 81.5 Å². The summed E-state index contributed by atoms with van der Waals surface area (Å²) < 4.78 is 0. The summed E-state index contributed by atoms with van der Waals surface area (Å²) in [6.45, 7) is 2.25. The third kappa shape index (κ3) is 38.1. The monoisotopic (exact) mass is 623 g/mol. The van der Waals surface area contributed by atoms with E-state index >= 15 is 0 Å². The first-order chi connectivity index (χ1) is 11.8.